The number of hydrogen-bond donors (Lipinski definition) is 2. The fourth-order valence-corrected chi connectivity index (χ4v) is 4.59. The number of thiophene rings is 1. The van der Waals surface area contributed by atoms with E-state index < -0.39 is 0 Å². The molecule has 6 nitrogen and oxygen atoms in total. The highest BCUT2D eigenvalue weighted by Crippen LogP contribution is 2.38. The smallest absolute Gasteiger partial charge is 0.251 e. The van der Waals surface area contributed by atoms with Crippen molar-refractivity contribution in [2.75, 3.05) is 11.1 Å². The third-order valence-electron chi connectivity index (χ3n) is 3.76. The largest absolute Gasteiger partial charge is 0.316 e. The molecule has 0 aromatic carbocycles. The highest BCUT2D eigenvalue weighted by Gasteiger charge is 2.23. The summed E-state index contributed by atoms with van der Waals surface area (Å²) in [7, 11) is 0. The zero-order valence-corrected chi connectivity index (χ0v) is 14.8. The molecule has 0 radical (unpaired) electrons. The molecule has 1 aliphatic rings. The Morgan fingerprint density at radius 1 is 1.54 bits per heavy atom. The Labute approximate surface area is 147 Å². The lowest BCUT2D eigenvalue weighted by Gasteiger charge is -2.04. The molecule has 0 atom stereocenters. The van der Waals surface area contributed by atoms with Crippen molar-refractivity contribution in [3.63, 3.8) is 0 Å². The van der Waals surface area contributed by atoms with Crippen LogP contribution in [0.15, 0.2) is 16.0 Å². The normalized spacial score (nSPS) is 12.7. The van der Waals surface area contributed by atoms with Gasteiger partial charge in [-0.1, -0.05) is 18.7 Å². The van der Waals surface area contributed by atoms with Gasteiger partial charge < -0.3 is 10.3 Å². The molecule has 0 aliphatic heterocycles. The Bertz CT molecular complexity index is 879. The summed E-state index contributed by atoms with van der Waals surface area (Å²) in [4.78, 5) is 31.8. The molecular weight excluding hydrogens is 344 g/mol. The molecule has 3 rings (SSSR count). The van der Waals surface area contributed by atoms with Crippen molar-refractivity contribution in [2.45, 2.75) is 37.8 Å². The van der Waals surface area contributed by atoms with Crippen molar-refractivity contribution in [1.29, 1.82) is 5.26 Å². The number of fused-ring (bicyclic) bond motifs is 1. The van der Waals surface area contributed by atoms with Gasteiger partial charge in [0.1, 0.15) is 11.1 Å². The molecule has 1 amide bonds. The first-order chi connectivity index (χ1) is 11.6. The number of thioether (sulfide) groups is 1. The van der Waals surface area contributed by atoms with Gasteiger partial charge in [-0.05, 0) is 31.2 Å². The van der Waals surface area contributed by atoms with Crippen molar-refractivity contribution >= 4 is 34.0 Å². The number of amides is 1. The van der Waals surface area contributed by atoms with Gasteiger partial charge in [0, 0.05) is 16.6 Å². The molecule has 0 bridgehead atoms. The molecule has 2 N–H and O–H groups in total. The molecular formula is C16H16N4O2S2. The van der Waals surface area contributed by atoms with Gasteiger partial charge in [0.05, 0.1) is 11.3 Å². The Kier molecular flexibility index (Phi) is 5.02. The minimum absolute atomic E-state index is 0.129. The lowest BCUT2D eigenvalue weighted by atomic mass is 10.1. The second-order valence-corrected chi connectivity index (χ2v) is 7.47. The molecule has 0 spiro atoms. The third kappa shape index (κ3) is 3.52. The summed E-state index contributed by atoms with van der Waals surface area (Å²) in [5.41, 5.74) is 2.17. The van der Waals surface area contributed by atoms with E-state index in [4.69, 9.17) is 0 Å². The van der Waals surface area contributed by atoms with E-state index in [0.717, 1.165) is 24.8 Å². The van der Waals surface area contributed by atoms with Crippen LogP contribution >= 0.6 is 23.1 Å². The summed E-state index contributed by atoms with van der Waals surface area (Å²) >= 11 is 2.67. The predicted octanol–water partition coefficient (Wildman–Crippen LogP) is 2.48. The fraction of sp³-hybridized carbons (Fsp3) is 0.375. The molecule has 0 saturated heterocycles. The molecule has 124 valence electrons. The quantitative estimate of drug-likeness (QED) is 0.630. The minimum atomic E-state index is -0.216. The Morgan fingerprint density at radius 3 is 3.12 bits per heavy atom. The van der Waals surface area contributed by atoms with Crippen LogP contribution in [-0.2, 0) is 24.1 Å². The molecule has 2 aromatic rings. The molecule has 2 aromatic heterocycles. The summed E-state index contributed by atoms with van der Waals surface area (Å²) < 4.78 is 0. The van der Waals surface area contributed by atoms with E-state index in [1.807, 2.05) is 6.92 Å². The number of carbonyl (C=O) groups excluding carboxylic acids is 1. The van der Waals surface area contributed by atoms with Gasteiger partial charge in [-0.15, -0.1) is 11.3 Å². The molecule has 1 aliphatic carbocycles. The van der Waals surface area contributed by atoms with Gasteiger partial charge in [-0.2, -0.15) is 5.26 Å². The second kappa shape index (κ2) is 7.20. The molecule has 0 saturated carbocycles. The van der Waals surface area contributed by atoms with Crippen molar-refractivity contribution in [2.24, 2.45) is 0 Å². The zero-order chi connectivity index (χ0) is 17.1. The maximum Gasteiger partial charge on any atom is 0.251 e. The standard InChI is InChI=1S/C16H16N4O2S2/c1-2-9-6-13(21)20-16(18-9)23-8-14(22)19-15-11(7-17)10-4-3-5-12(10)24-15/h6H,2-5,8H2,1H3,(H,19,22)(H,18,20,21). The summed E-state index contributed by atoms with van der Waals surface area (Å²) in [6.07, 6.45) is 3.63. The average molecular weight is 360 g/mol. The first kappa shape index (κ1) is 16.7. The fourth-order valence-electron chi connectivity index (χ4n) is 2.64. The molecule has 2 heterocycles. The zero-order valence-electron chi connectivity index (χ0n) is 13.1. The van der Waals surface area contributed by atoms with Crippen LogP contribution in [0.25, 0.3) is 0 Å². The maximum atomic E-state index is 12.2. The van der Waals surface area contributed by atoms with Crippen LogP contribution in [0.5, 0.6) is 0 Å². The molecule has 0 unspecified atom stereocenters. The van der Waals surface area contributed by atoms with Crippen LogP contribution in [0.4, 0.5) is 5.00 Å². The monoisotopic (exact) mass is 360 g/mol. The van der Waals surface area contributed by atoms with Crippen LogP contribution < -0.4 is 10.9 Å². The number of nitrogens with one attached hydrogen (secondary N) is 2. The number of hydrogen-bond acceptors (Lipinski definition) is 6. The van der Waals surface area contributed by atoms with Crippen molar-refractivity contribution in [1.82, 2.24) is 9.97 Å². The lowest BCUT2D eigenvalue weighted by Crippen LogP contribution is -2.15. The predicted molar refractivity (Wildman–Crippen MR) is 94.6 cm³/mol. The van der Waals surface area contributed by atoms with Crippen LogP contribution in [0.3, 0.4) is 0 Å². The topological polar surface area (TPSA) is 98.6 Å². The summed E-state index contributed by atoms with van der Waals surface area (Å²) in [6, 6.07) is 3.66. The average Bonchev–Trinajstić information content (AvgIpc) is 3.12. The van der Waals surface area contributed by atoms with E-state index in [1.54, 1.807) is 0 Å². The van der Waals surface area contributed by atoms with Gasteiger partial charge in [0.25, 0.3) is 5.56 Å². The maximum absolute atomic E-state index is 12.2. The highest BCUT2D eigenvalue weighted by molar-refractivity contribution is 7.99. The Balaban J connectivity index is 1.66. The second-order valence-electron chi connectivity index (χ2n) is 5.41. The van der Waals surface area contributed by atoms with Crippen molar-refractivity contribution in [3.8, 4) is 6.07 Å². The number of H-pyrrole nitrogens is 1. The molecule has 24 heavy (non-hydrogen) atoms. The highest BCUT2D eigenvalue weighted by atomic mass is 32.2. The van der Waals surface area contributed by atoms with Gasteiger partial charge in [0.15, 0.2) is 5.16 Å². The summed E-state index contributed by atoms with van der Waals surface area (Å²) in [5.74, 6) is -0.0789. The summed E-state index contributed by atoms with van der Waals surface area (Å²) in [5, 5.41) is 13.2. The van der Waals surface area contributed by atoms with E-state index in [1.165, 1.54) is 34.0 Å². The van der Waals surface area contributed by atoms with Crippen molar-refractivity contribution in [3.05, 3.63) is 38.1 Å². The van der Waals surface area contributed by atoms with Crippen LogP contribution in [-0.4, -0.2) is 21.6 Å². The molecule has 0 fully saturated rings. The van der Waals surface area contributed by atoms with Crippen LogP contribution in [0.1, 0.15) is 35.0 Å². The number of nitriles is 1. The number of aromatic nitrogens is 2. The SMILES string of the molecule is CCc1cc(=O)[nH]c(SCC(=O)Nc2sc3c(c2C#N)CCC3)n1. The number of nitrogens with zero attached hydrogens (tertiary/aromatic N) is 2. The molecule has 8 heteroatoms. The van der Waals surface area contributed by atoms with E-state index in [0.29, 0.717) is 27.8 Å². The number of anilines is 1. The van der Waals surface area contributed by atoms with E-state index in [-0.39, 0.29) is 17.2 Å². The van der Waals surface area contributed by atoms with Gasteiger partial charge in [-0.3, -0.25) is 9.59 Å². The first-order valence-corrected chi connectivity index (χ1v) is 9.48. The van der Waals surface area contributed by atoms with Crippen LogP contribution in [0, 0.1) is 11.3 Å². The van der Waals surface area contributed by atoms with E-state index in [2.05, 4.69) is 21.4 Å². The Hall–Kier alpha value is -2.11. The number of rotatable bonds is 5. The van der Waals surface area contributed by atoms with Crippen molar-refractivity contribution < 1.29 is 4.79 Å². The minimum Gasteiger partial charge on any atom is -0.316 e. The first-order valence-electron chi connectivity index (χ1n) is 7.68. The third-order valence-corrected chi connectivity index (χ3v) is 5.84. The van der Waals surface area contributed by atoms with Gasteiger partial charge in [0.2, 0.25) is 5.91 Å². The van der Waals surface area contributed by atoms with Crippen LogP contribution in [0.2, 0.25) is 0 Å². The number of aryl methyl sites for hydroxylation is 2. The Morgan fingerprint density at radius 2 is 2.38 bits per heavy atom. The van der Waals surface area contributed by atoms with Gasteiger partial charge >= 0.3 is 0 Å². The number of carbonyl (C=O) groups is 1. The lowest BCUT2D eigenvalue weighted by molar-refractivity contribution is -0.113. The summed E-state index contributed by atoms with van der Waals surface area (Å²) in [6.45, 7) is 1.92. The number of aromatic amines is 1. The van der Waals surface area contributed by atoms with Gasteiger partial charge in [-0.25, -0.2) is 4.98 Å². The van der Waals surface area contributed by atoms with E-state index in [9.17, 15) is 14.9 Å². The van der Waals surface area contributed by atoms with E-state index >= 15 is 0 Å².